The van der Waals surface area contributed by atoms with Gasteiger partial charge in [0.05, 0.1) is 6.10 Å². The number of rotatable bonds is 10. The molecule has 0 bridgehead atoms. The molecule has 22 heavy (non-hydrogen) atoms. The minimum absolute atomic E-state index is 0.233. The second-order valence-corrected chi connectivity index (χ2v) is 4.85. The van der Waals surface area contributed by atoms with Crippen LogP contribution in [0.5, 0.6) is 0 Å². The third kappa shape index (κ3) is 14.4. The highest BCUT2D eigenvalue weighted by Gasteiger charge is 1.99. The monoisotopic (exact) mass is 304 g/mol. The largest absolute Gasteiger partial charge is 0.481 e. The molecular weight excluding hydrogens is 280 g/mol. The fraction of sp³-hybridized carbons (Fsp3) is 0.500. The van der Waals surface area contributed by atoms with Crippen LogP contribution >= 0.6 is 0 Å². The number of allylic oxidation sites excluding steroid dienone is 1. The van der Waals surface area contributed by atoms with Gasteiger partial charge in [0.15, 0.2) is 0 Å². The van der Waals surface area contributed by atoms with Crippen molar-refractivity contribution in [1.82, 2.24) is 0 Å². The number of hydrogen-bond donors (Lipinski definition) is 3. The maximum Gasteiger partial charge on any atom is 0.303 e. The molecular formula is C18H24O4. The van der Waals surface area contributed by atoms with E-state index in [-0.39, 0.29) is 6.42 Å². The van der Waals surface area contributed by atoms with Gasteiger partial charge in [0.2, 0.25) is 0 Å². The van der Waals surface area contributed by atoms with Crippen LogP contribution in [0.4, 0.5) is 0 Å². The Labute approximate surface area is 132 Å². The van der Waals surface area contributed by atoms with E-state index in [1.807, 2.05) is 0 Å². The third-order valence-corrected chi connectivity index (χ3v) is 2.87. The van der Waals surface area contributed by atoms with E-state index < -0.39 is 18.2 Å². The lowest BCUT2D eigenvalue weighted by molar-refractivity contribution is -0.137. The topological polar surface area (TPSA) is 77.8 Å². The van der Waals surface area contributed by atoms with E-state index in [1.54, 1.807) is 12.2 Å². The number of aliphatic hydroxyl groups is 2. The summed E-state index contributed by atoms with van der Waals surface area (Å²) in [5.74, 6) is 9.40. The first-order valence-electron chi connectivity index (χ1n) is 7.44. The van der Waals surface area contributed by atoms with Gasteiger partial charge >= 0.3 is 5.97 Å². The molecule has 3 N–H and O–H groups in total. The summed E-state index contributed by atoms with van der Waals surface area (Å²) in [6.07, 6.45) is 8.50. The van der Waals surface area contributed by atoms with Crippen molar-refractivity contribution in [1.29, 1.82) is 0 Å². The normalized spacial score (nSPS) is 12.6. The van der Waals surface area contributed by atoms with E-state index in [0.29, 0.717) is 6.42 Å². The number of aliphatic hydroxyl groups excluding tert-OH is 2. The van der Waals surface area contributed by atoms with Crippen molar-refractivity contribution in [3.63, 3.8) is 0 Å². The molecule has 0 radical (unpaired) electrons. The molecule has 4 nitrogen and oxygen atoms in total. The van der Waals surface area contributed by atoms with Gasteiger partial charge in [0.1, 0.15) is 6.10 Å². The lowest BCUT2D eigenvalue weighted by Crippen LogP contribution is -2.01. The summed E-state index contributed by atoms with van der Waals surface area (Å²) in [5, 5.41) is 27.2. The maximum atomic E-state index is 10.3. The predicted molar refractivity (Wildman–Crippen MR) is 86.9 cm³/mol. The first kappa shape index (κ1) is 20.0. The molecule has 120 valence electrons. The zero-order valence-electron chi connectivity index (χ0n) is 12.8. The molecule has 0 spiro atoms. The lowest BCUT2D eigenvalue weighted by atomic mass is 10.1. The van der Waals surface area contributed by atoms with Gasteiger partial charge in [-0.15, -0.1) is 0 Å². The maximum absolute atomic E-state index is 10.3. The Balaban J connectivity index is 3.68. The van der Waals surface area contributed by atoms with Gasteiger partial charge in [0.25, 0.3) is 0 Å². The van der Waals surface area contributed by atoms with Crippen molar-refractivity contribution < 1.29 is 20.1 Å². The summed E-state index contributed by atoms with van der Waals surface area (Å²) in [6.45, 7) is 3.38. The fourth-order valence-electron chi connectivity index (χ4n) is 1.66. The molecule has 0 aliphatic heterocycles. The van der Waals surface area contributed by atoms with Crippen LogP contribution in [0, 0.1) is 23.7 Å². The number of carbonyl (C=O) groups is 1. The molecule has 0 amide bonds. The van der Waals surface area contributed by atoms with E-state index in [0.717, 1.165) is 32.1 Å². The molecule has 0 heterocycles. The Morgan fingerprint density at radius 3 is 2.45 bits per heavy atom. The number of carboxylic acid groups (broad SMARTS) is 1. The van der Waals surface area contributed by atoms with Gasteiger partial charge in [0, 0.05) is 6.42 Å². The molecule has 0 aromatic heterocycles. The Hall–Kier alpha value is -2.01. The number of unbranched alkanes of at least 4 members (excludes halogenated alkanes) is 4. The van der Waals surface area contributed by atoms with E-state index in [1.165, 1.54) is 6.08 Å². The zero-order chi connectivity index (χ0) is 16.6. The van der Waals surface area contributed by atoms with Crippen LogP contribution in [0.1, 0.15) is 44.9 Å². The van der Waals surface area contributed by atoms with Crippen molar-refractivity contribution in [3.05, 3.63) is 24.8 Å². The second kappa shape index (κ2) is 13.9. The fourth-order valence-corrected chi connectivity index (χ4v) is 1.66. The summed E-state index contributed by atoms with van der Waals surface area (Å²) in [6, 6.07) is 0. The molecule has 0 aliphatic carbocycles. The molecule has 0 saturated carbocycles. The average Bonchev–Trinajstić information content (AvgIpc) is 2.49. The van der Waals surface area contributed by atoms with Crippen LogP contribution in [0.3, 0.4) is 0 Å². The second-order valence-electron chi connectivity index (χ2n) is 4.85. The standard InChI is InChI=1S/C18H24O4/c1-2-16(19)12-8-6-7-10-14-17(20)13-9-4-3-5-11-15-18(21)22/h2,10,14,16-17,19-20H,1,3-5,9,11,13,15H2,(H,21,22)/b14-10+. The number of carboxylic acids is 1. The zero-order valence-corrected chi connectivity index (χ0v) is 12.8. The summed E-state index contributed by atoms with van der Waals surface area (Å²) >= 11 is 0. The van der Waals surface area contributed by atoms with Crippen molar-refractivity contribution >= 4 is 5.97 Å². The van der Waals surface area contributed by atoms with Gasteiger partial charge in [-0.25, -0.2) is 0 Å². The van der Waals surface area contributed by atoms with Gasteiger partial charge < -0.3 is 15.3 Å². The van der Waals surface area contributed by atoms with Crippen molar-refractivity contribution in [2.75, 3.05) is 0 Å². The number of hydrogen-bond acceptors (Lipinski definition) is 3. The third-order valence-electron chi connectivity index (χ3n) is 2.87. The van der Waals surface area contributed by atoms with Gasteiger partial charge in [-0.1, -0.05) is 50.2 Å². The highest BCUT2D eigenvalue weighted by molar-refractivity contribution is 5.66. The van der Waals surface area contributed by atoms with Crippen molar-refractivity contribution in [2.24, 2.45) is 0 Å². The van der Waals surface area contributed by atoms with E-state index >= 15 is 0 Å². The number of aliphatic carboxylic acids is 1. The smallest absolute Gasteiger partial charge is 0.303 e. The van der Waals surface area contributed by atoms with Crippen molar-refractivity contribution in [2.45, 2.75) is 57.2 Å². The van der Waals surface area contributed by atoms with Gasteiger partial charge in [-0.05, 0) is 36.8 Å². The molecule has 0 aromatic rings. The summed E-state index contributed by atoms with van der Waals surface area (Å²) in [4.78, 5) is 10.3. The molecule has 4 heteroatoms. The summed E-state index contributed by atoms with van der Waals surface area (Å²) < 4.78 is 0. The Bertz CT molecular complexity index is 471. The van der Waals surface area contributed by atoms with Gasteiger partial charge in [-0.2, -0.15) is 0 Å². The van der Waals surface area contributed by atoms with Crippen LogP contribution < -0.4 is 0 Å². The molecule has 0 rings (SSSR count). The predicted octanol–water partition coefficient (Wildman–Crippen LogP) is 2.27. The molecule has 2 unspecified atom stereocenters. The highest BCUT2D eigenvalue weighted by Crippen LogP contribution is 2.09. The SMILES string of the molecule is C=CC(O)C#CC#C/C=C/C(O)CCCCCCCC(=O)O. The molecule has 0 aliphatic rings. The quantitative estimate of drug-likeness (QED) is 0.329. The van der Waals surface area contributed by atoms with Gasteiger partial charge in [-0.3, -0.25) is 4.79 Å². The van der Waals surface area contributed by atoms with E-state index in [4.69, 9.17) is 10.2 Å². The summed E-state index contributed by atoms with van der Waals surface area (Å²) in [5.41, 5.74) is 0. The highest BCUT2D eigenvalue weighted by atomic mass is 16.4. The van der Waals surface area contributed by atoms with Crippen LogP contribution in [-0.2, 0) is 4.79 Å². The molecule has 2 atom stereocenters. The lowest BCUT2D eigenvalue weighted by Gasteiger charge is -2.04. The minimum atomic E-state index is -0.862. The Morgan fingerprint density at radius 1 is 1.09 bits per heavy atom. The Kier molecular flexibility index (Phi) is 12.7. The Morgan fingerprint density at radius 2 is 1.77 bits per heavy atom. The van der Waals surface area contributed by atoms with Crippen LogP contribution in [0.2, 0.25) is 0 Å². The average molecular weight is 304 g/mol. The van der Waals surface area contributed by atoms with Crippen LogP contribution in [0.15, 0.2) is 24.8 Å². The van der Waals surface area contributed by atoms with E-state index in [9.17, 15) is 9.90 Å². The first-order valence-corrected chi connectivity index (χ1v) is 7.44. The molecule has 0 saturated heterocycles. The minimum Gasteiger partial charge on any atom is -0.481 e. The first-order chi connectivity index (χ1) is 10.6. The molecule has 0 aromatic carbocycles. The van der Waals surface area contributed by atoms with Crippen LogP contribution in [-0.4, -0.2) is 33.5 Å². The van der Waals surface area contributed by atoms with E-state index in [2.05, 4.69) is 30.3 Å². The van der Waals surface area contributed by atoms with Crippen molar-refractivity contribution in [3.8, 4) is 23.7 Å². The summed E-state index contributed by atoms with van der Waals surface area (Å²) in [7, 11) is 0. The van der Waals surface area contributed by atoms with Crippen LogP contribution in [0.25, 0.3) is 0 Å². The molecule has 0 fully saturated rings.